The van der Waals surface area contributed by atoms with Crippen LogP contribution in [-0.4, -0.2) is 41.5 Å². The summed E-state index contributed by atoms with van der Waals surface area (Å²) in [6, 6.07) is 0.680. The number of aromatic nitrogens is 1. The van der Waals surface area contributed by atoms with Crippen LogP contribution in [0.5, 0.6) is 0 Å². The molecule has 1 saturated carbocycles. The summed E-state index contributed by atoms with van der Waals surface area (Å²) in [4.78, 5) is 20.9. The molecule has 0 aromatic carbocycles. The van der Waals surface area contributed by atoms with E-state index in [4.69, 9.17) is 0 Å². The average Bonchev–Trinajstić information content (AvgIpc) is 3.15. The van der Waals surface area contributed by atoms with E-state index in [9.17, 15) is 4.79 Å². The minimum atomic E-state index is 0.288. The summed E-state index contributed by atoms with van der Waals surface area (Å²) in [5.74, 6) is 0.594. The number of amides is 1. The summed E-state index contributed by atoms with van der Waals surface area (Å²) in [7, 11) is 0. The normalized spacial score (nSPS) is 20.9. The fourth-order valence-corrected chi connectivity index (χ4v) is 5.41. The maximum absolute atomic E-state index is 12.2. The highest BCUT2D eigenvalue weighted by atomic mass is 32.1. The number of carbonyl (C=O) groups excluding carboxylic acids is 1. The van der Waals surface area contributed by atoms with Gasteiger partial charge in [0.2, 0.25) is 5.91 Å². The second kappa shape index (κ2) is 10.4. The van der Waals surface area contributed by atoms with Crippen molar-refractivity contribution in [3.8, 4) is 0 Å². The molecular weight excluding hydrogens is 342 g/mol. The first-order valence-corrected chi connectivity index (χ1v) is 11.6. The highest BCUT2D eigenvalue weighted by Gasteiger charge is 2.25. The summed E-state index contributed by atoms with van der Waals surface area (Å²) in [6.45, 7) is 5.47. The second-order valence-corrected chi connectivity index (χ2v) is 8.93. The van der Waals surface area contributed by atoms with Gasteiger partial charge in [-0.15, -0.1) is 11.3 Å². The van der Waals surface area contributed by atoms with Gasteiger partial charge in [-0.1, -0.05) is 26.2 Å². The first kappa shape index (κ1) is 19.8. The van der Waals surface area contributed by atoms with E-state index >= 15 is 0 Å². The molecule has 0 spiro atoms. The third-order valence-electron chi connectivity index (χ3n) is 6.04. The molecule has 146 valence electrons. The number of thiazole rings is 1. The molecule has 1 aromatic heterocycles. The zero-order valence-corrected chi connectivity index (χ0v) is 17.2. The van der Waals surface area contributed by atoms with Gasteiger partial charge < -0.3 is 10.2 Å². The van der Waals surface area contributed by atoms with E-state index in [0.717, 1.165) is 38.8 Å². The summed E-state index contributed by atoms with van der Waals surface area (Å²) < 4.78 is 0. The number of rotatable bonds is 9. The standard InChI is InChI=1S/C21H35N3OS/c1-2-13-24(18-10-11-19-20(15-18)26-16-23-19)14-7-6-12-22-21(25)17-8-4-3-5-9-17/h16-18H,2-15H2,1H3,(H,22,25). The molecule has 2 aliphatic carbocycles. The van der Waals surface area contributed by atoms with Crippen molar-refractivity contribution in [2.75, 3.05) is 19.6 Å². The number of hydrogen-bond acceptors (Lipinski definition) is 4. The van der Waals surface area contributed by atoms with Crippen LogP contribution in [0.3, 0.4) is 0 Å². The Hall–Kier alpha value is -0.940. The minimum absolute atomic E-state index is 0.288. The topological polar surface area (TPSA) is 45.2 Å². The molecule has 0 aliphatic heterocycles. The molecule has 1 fully saturated rings. The number of carbonyl (C=O) groups is 1. The Bertz CT molecular complexity index is 553. The average molecular weight is 378 g/mol. The maximum Gasteiger partial charge on any atom is 0.223 e. The Balaban J connectivity index is 1.35. The quantitative estimate of drug-likeness (QED) is 0.656. The van der Waals surface area contributed by atoms with Gasteiger partial charge >= 0.3 is 0 Å². The molecule has 1 heterocycles. The largest absolute Gasteiger partial charge is 0.356 e. The number of fused-ring (bicyclic) bond motifs is 1. The van der Waals surface area contributed by atoms with Crippen LogP contribution in [0.15, 0.2) is 5.51 Å². The molecular formula is C21H35N3OS. The Kier molecular flexibility index (Phi) is 7.93. The Morgan fingerprint density at radius 2 is 2.08 bits per heavy atom. The van der Waals surface area contributed by atoms with Gasteiger partial charge in [0, 0.05) is 23.4 Å². The van der Waals surface area contributed by atoms with E-state index in [1.165, 1.54) is 62.1 Å². The molecule has 0 bridgehead atoms. The summed E-state index contributed by atoms with van der Waals surface area (Å²) >= 11 is 1.83. The second-order valence-electron chi connectivity index (χ2n) is 7.99. The van der Waals surface area contributed by atoms with Gasteiger partial charge in [-0.3, -0.25) is 4.79 Å². The summed E-state index contributed by atoms with van der Waals surface area (Å²) in [6.07, 6.45) is 13.0. The molecule has 2 aliphatic rings. The summed E-state index contributed by atoms with van der Waals surface area (Å²) in [5, 5.41) is 3.18. The molecule has 26 heavy (non-hydrogen) atoms. The Morgan fingerprint density at radius 3 is 2.88 bits per heavy atom. The lowest BCUT2D eigenvalue weighted by molar-refractivity contribution is -0.125. The molecule has 1 amide bonds. The molecule has 3 rings (SSSR count). The fourth-order valence-electron chi connectivity index (χ4n) is 4.52. The monoisotopic (exact) mass is 377 g/mol. The van der Waals surface area contributed by atoms with Crippen molar-refractivity contribution in [1.82, 2.24) is 15.2 Å². The van der Waals surface area contributed by atoms with Gasteiger partial charge in [0.05, 0.1) is 11.2 Å². The minimum Gasteiger partial charge on any atom is -0.356 e. The lowest BCUT2D eigenvalue weighted by Crippen LogP contribution is -2.40. The first-order valence-electron chi connectivity index (χ1n) is 10.7. The summed E-state index contributed by atoms with van der Waals surface area (Å²) in [5.41, 5.74) is 3.35. The van der Waals surface area contributed by atoms with Gasteiger partial charge in [-0.25, -0.2) is 4.98 Å². The molecule has 1 unspecified atom stereocenters. The lowest BCUT2D eigenvalue weighted by atomic mass is 9.89. The van der Waals surface area contributed by atoms with Crippen LogP contribution in [-0.2, 0) is 17.6 Å². The smallest absolute Gasteiger partial charge is 0.223 e. The molecule has 1 aromatic rings. The highest BCUT2D eigenvalue weighted by molar-refractivity contribution is 7.09. The van der Waals surface area contributed by atoms with E-state index < -0.39 is 0 Å². The van der Waals surface area contributed by atoms with Crippen molar-refractivity contribution < 1.29 is 4.79 Å². The molecule has 1 atom stereocenters. The van der Waals surface area contributed by atoms with E-state index in [-0.39, 0.29) is 5.92 Å². The molecule has 5 heteroatoms. The van der Waals surface area contributed by atoms with Crippen LogP contribution in [0, 0.1) is 5.92 Å². The van der Waals surface area contributed by atoms with Gasteiger partial charge in [0.1, 0.15) is 0 Å². The van der Waals surface area contributed by atoms with Crippen molar-refractivity contribution in [2.45, 2.75) is 83.6 Å². The predicted molar refractivity (Wildman–Crippen MR) is 109 cm³/mol. The van der Waals surface area contributed by atoms with Gasteiger partial charge in [-0.05, 0) is 64.5 Å². The maximum atomic E-state index is 12.2. The van der Waals surface area contributed by atoms with E-state index in [0.29, 0.717) is 11.9 Å². The van der Waals surface area contributed by atoms with Crippen LogP contribution in [0.1, 0.15) is 75.3 Å². The molecule has 1 N–H and O–H groups in total. The molecule has 0 radical (unpaired) electrons. The molecule has 4 nitrogen and oxygen atoms in total. The Labute approximate surface area is 162 Å². The van der Waals surface area contributed by atoms with E-state index in [1.807, 2.05) is 16.8 Å². The van der Waals surface area contributed by atoms with Crippen molar-refractivity contribution >= 4 is 17.2 Å². The van der Waals surface area contributed by atoms with Crippen LogP contribution in [0.2, 0.25) is 0 Å². The van der Waals surface area contributed by atoms with Crippen LogP contribution < -0.4 is 5.32 Å². The molecule has 0 saturated heterocycles. The fraction of sp³-hybridized carbons (Fsp3) is 0.810. The van der Waals surface area contributed by atoms with Crippen LogP contribution in [0.25, 0.3) is 0 Å². The SMILES string of the molecule is CCCN(CCCCNC(=O)C1CCCCC1)C1CCc2ncsc2C1. The number of hydrogen-bond donors (Lipinski definition) is 1. The predicted octanol–water partition coefficient (Wildman–Crippen LogP) is 4.19. The van der Waals surface area contributed by atoms with Crippen LogP contribution >= 0.6 is 11.3 Å². The van der Waals surface area contributed by atoms with Crippen molar-refractivity contribution in [1.29, 1.82) is 0 Å². The zero-order chi connectivity index (χ0) is 18.2. The lowest BCUT2D eigenvalue weighted by Gasteiger charge is -2.33. The van der Waals surface area contributed by atoms with E-state index in [2.05, 4.69) is 22.1 Å². The number of unbranched alkanes of at least 4 members (excludes halogenated alkanes) is 1. The Morgan fingerprint density at radius 1 is 1.23 bits per heavy atom. The number of aryl methyl sites for hydroxylation is 1. The van der Waals surface area contributed by atoms with Gasteiger partial charge in [0.15, 0.2) is 0 Å². The number of nitrogens with one attached hydrogen (secondary N) is 1. The van der Waals surface area contributed by atoms with E-state index in [1.54, 1.807) is 0 Å². The van der Waals surface area contributed by atoms with Crippen molar-refractivity contribution in [3.63, 3.8) is 0 Å². The van der Waals surface area contributed by atoms with Gasteiger partial charge in [-0.2, -0.15) is 0 Å². The highest BCUT2D eigenvalue weighted by Crippen LogP contribution is 2.27. The van der Waals surface area contributed by atoms with Crippen molar-refractivity contribution in [3.05, 3.63) is 16.1 Å². The van der Waals surface area contributed by atoms with Crippen molar-refractivity contribution in [2.24, 2.45) is 5.92 Å². The third-order valence-corrected chi connectivity index (χ3v) is 6.93. The first-order chi connectivity index (χ1) is 12.8. The van der Waals surface area contributed by atoms with Gasteiger partial charge in [0.25, 0.3) is 0 Å². The number of nitrogens with zero attached hydrogens (tertiary/aromatic N) is 2. The zero-order valence-electron chi connectivity index (χ0n) is 16.3. The third kappa shape index (κ3) is 5.53. The van der Waals surface area contributed by atoms with Crippen LogP contribution in [0.4, 0.5) is 0 Å².